The molecule has 5 aliphatic rings. The molecule has 0 saturated heterocycles. The Kier molecular flexibility index (Phi) is 7.41. The Morgan fingerprint density at radius 2 is 0.781 bits per heavy atom. The van der Waals surface area contributed by atoms with Crippen LogP contribution in [0.5, 0.6) is 11.5 Å². The molecule has 7 heteroatoms. The molecule has 14 rings (SSSR count). The summed E-state index contributed by atoms with van der Waals surface area (Å²) in [7, 11) is 0. The lowest BCUT2D eigenvalue weighted by molar-refractivity contribution is 0.488. The van der Waals surface area contributed by atoms with Crippen LogP contribution in [-0.2, 0) is 0 Å². The van der Waals surface area contributed by atoms with Crippen molar-refractivity contribution in [1.82, 2.24) is 0 Å². The summed E-state index contributed by atoms with van der Waals surface area (Å²) in [5.74, 6) is 1.82. The van der Waals surface area contributed by atoms with E-state index in [9.17, 15) is 0 Å². The Morgan fingerprint density at radius 1 is 0.328 bits per heavy atom. The van der Waals surface area contributed by atoms with Gasteiger partial charge in [-0.05, 0) is 119 Å². The third-order valence-electron chi connectivity index (χ3n) is 14.6. The number of ether oxygens (including phenoxy) is 1. The molecule has 5 aliphatic heterocycles. The summed E-state index contributed by atoms with van der Waals surface area (Å²) < 4.78 is 7.09. The van der Waals surface area contributed by atoms with Crippen LogP contribution < -0.4 is 68.6 Å². The van der Waals surface area contributed by atoms with Gasteiger partial charge in [0.2, 0.25) is 0 Å². The lowest BCUT2D eigenvalue weighted by atomic mass is 9.28. The second-order valence-corrected chi connectivity index (χ2v) is 18.1. The van der Waals surface area contributed by atoms with Gasteiger partial charge in [0.15, 0.2) is 0 Å². The Hall–Kier alpha value is -7.63. The molecule has 4 nitrogen and oxygen atoms in total. The smallest absolute Gasteiger partial charge is 0.252 e. The van der Waals surface area contributed by atoms with E-state index in [1.165, 1.54) is 100.0 Å². The highest BCUT2D eigenvalue weighted by atomic mass is 16.5. The minimum absolute atomic E-state index is 0.00170. The molecule has 0 saturated carbocycles. The van der Waals surface area contributed by atoms with Crippen LogP contribution in [0.3, 0.4) is 0 Å². The van der Waals surface area contributed by atoms with E-state index in [0.29, 0.717) is 0 Å². The fourth-order valence-electron chi connectivity index (χ4n) is 12.4. The summed E-state index contributed by atoms with van der Waals surface area (Å²) in [5, 5.41) is 0. The van der Waals surface area contributed by atoms with Crippen molar-refractivity contribution in [2.45, 2.75) is 20.8 Å². The minimum Gasteiger partial charge on any atom is -0.458 e. The standard InChI is InChI=1S/C57H40B3N3O/c1-35-30-36(2)54(37(3)31-35)60-43-25-13-17-29-52(43)64-53-34-49-44(32-45(53)60)59-42-24-12-16-28-48(42)63-47-27-15-11-23-41(47)58-40-22-10-14-26-46(40)61(38-18-6-4-7-19-38)50-33-51(56(59)57(63)55(50)58)62(49)39-20-8-5-9-21-39/h4-34H,1-3H3. The lowest BCUT2D eigenvalue weighted by Gasteiger charge is -2.51. The quantitative estimate of drug-likeness (QED) is 0.169. The minimum atomic E-state index is -0.0469. The van der Waals surface area contributed by atoms with E-state index in [2.05, 4.69) is 224 Å². The van der Waals surface area contributed by atoms with Gasteiger partial charge < -0.3 is 19.4 Å². The van der Waals surface area contributed by atoms with Gasteiger partial charge in [-0.25, -0.2) is 0 Å². The van der Waals surface area contributed by atoms with E-state index in [-0.39, 0.29) is 20.1 Å². The first-order valence-electron chi connectivity index (χ1n) is 22.5. The van der Waals surface area contributed by atoms with Crippen LogP contribution >= 0.6 is 0 Å². The first-order valence-corrected chi connectivity index (χ1v) is 22.5. The average molecular weight is 815 g/mol. The molecule has 9 aromatic rings. The maximum Gasteiger partial charge on any atom is 0.252 e. The van der Waals surface area contributed by atoms with Gasteiger partial charge in [-0.15, -0.1) is 0 Å². The number of nitrogens with zero attached hydrogens (tertiary/aromatic N) is 3. The summed E-state index contributed by atoms with van der Waals surface area (Å²) in [5.41, 5.74) is 26.4. The largest absolute Gasteiger partial charge is 0.458 e. The zero-order valence-electron chi connectivity index (χ0n) is 35.9. The normalized spacial score (nSPS) is 14.1. The summed E-state index contributed by atoms with van der Waals surface area (Å²) in [6.07, 6.45) is 0. The van der Waals surface area contributed by atoms with Crippen molar-refractivity contribution in [3.8, 4) is 11.5 Å². The summed E-state index contributed by atoms with van der Waals surface area (Å²) in [4.78, 5) is 7.66. The van der Waals surface area contributed by atoms with Gasteiger partial charge in [0.1, 0.15) is 11.5 Å². The molecule has 5 heterocycles. The second-order valence-electron chi connectivity index (χ2n) is 18.1. The van der Waals surface area contributed by atoms with Crippen molar-refractivity contribution < 1.29 is 4.74 Å². The van der Waals surface area contributed by atoms with Crippen LogP contribution in [-0.4, -0.2) is 20.1 Å². The van der Waals surface area contributed by atoms with Crippen molar-refractivity contribution in [3.63, 3.8) is 0 Å². The molecule has 0 spiro atoms. The van der Waals surface area contributed by atoms with Gasteiger partial charge in [0.05, 0.1) is 0 Å². The van der Waals surface area contributed by atoms with Gasteiger partial charge in [0.25, 0.3) is 20.1 Å². The first-order chi connectivity index (χ1) is 31.5. The van der Waals surface area contributed by atoms with E-state index in [1.807, 2.05) is 0 Å². The van der Waals surface area contributed by atoms with Crippen LogP contribution in [0, 0.1) is 20.8 Å². The molecule has 0 atom stereocenters. The fourth-order valence-corrected chi connectivity index (χ4v) is 12.4. The number of anilines is 9. The molecular formula is C57H40B3N3O. The molecule has 298 valence electrons. The molecule has 0 N–H and O–H groups in total. The number of aryl methyl sites for hydroxylation is 3. The molecule has 0 amide bonds. The Morgan fingerprint density at radius 3 is 1.36 bits per heavy atom. The fraction of sp³-hybridized carbons (Fsp3) is 0.0526. The predicted octanol–water partition coefficient (Wildman–Crippen LogP) is 7.93. The number of fused-ring (bicyclic) bond motifs is 12. The van der Waals surface area contributed by atoms with Crippen molar-refractivity contribution in [2.75, 3.05) is 14.7 Å². The van der Waals surface area contributed by atoms with E-state index >= 15 is 0 Å². The topological polar surface area (TPSA) is 19.0 Å². The van der Waals surface area contributed by atoms with E-state index in [0.717, 1.165) is 28.6 Å². The van der Waals surface area contributed by atoms with Crippen molar-refractivity contribution in [3.05, 3.63) is 205 Å². The zero-order valence-corrected chi connectivity index (χ0v) is 35.9. The van der Waals surface area contributed by atoms with E-state index < -0.39 is 0 Å². The van der Waals surface area contributed by atoms with Gasteiger partial charge >= 0.3 is 0 Å². The molecule has 0 unspecified atom stereocenters. The number of hydrogen-bond acceptors (Lipinski definition) is 4. The van der Waals surface area contributed by atoms with Crippen molar-refractivity contribution in [2.24, 2.45) is 0 Å². The highest BCUT2D eigenvalue weighted by Gasteiger charge is 2.52. The van der Waals surface area contributed by atoms with Crippen LogP contribution in [0.4, 0.5) is 51.2 Å². The molecule has 0 bridgehead atoms. The summed E-state index contributed by atoms with van der Waals surface area (Å²) >= 11 is 0. The summed E-state index contributed by atoms with van der Waals surface area (Å²) in [6.45, 7) is 6.77. The maximum absolute atomic E-state index is 7.09. The molecule has 0 aromatic heterocycles. The van der Waals surface area contributed by atoms with Crippen LogP contribution in [0.25, 0.3) is 0 Å². The SMILES string of the molecule is Cc1cc(C)c(B2c3ccccc3Oc3cc4c(cc32)B2c3ccccc3N3c5ccccc5B5c6ccccc6N(c6ccccc6)c6cc(c2c3c65)N4c2ccccc2)c(C)c1. The molecule has 0 aliphatic carbocycles. The molecule has 0 radical (unpaired) electrons. The zero-order chi connectivity index (χ0) is 42.4. The highest BCUT2D eigenvalue weighted by molar-refractivity contribution is 7.05. The van der Waals surface area contributed by atoms with Gasteiger partial charge in [0, 0.05) is 57.3 Å². The van der Waals surface area contributed by atoms with Crippen LogP contribution in [0.2, 0.25) is 0 Å². The molecule has 0 fully saturated rings. The van der Waals surface area contributed by atoms with E-state index in [4.69, 9.17) is 4.74 Å². The maximum atomic E-state index is 7.09. The Labute approximate surface area is 375 Å². The van der Waals surface area contributed by atoms with E-state index in [1.54, 1.807) is 0 Å². The van der Waals surface area contributed by atoms with Gasteiger partial charge in [-0.2, -0.15) is 0 Å². The first kappa shape index (κ1) is 35.9. The average Bonchev–Trinajstić information content (AvgIpc) is 3.33. The molecule has 64 heavy (non-hydrogen) atoms. The number of rotatable bonds is 3. The van der Waals surface area contributed by atoms with Gasteiger partial charge in [-0.1, -0.05) is 150 Å². The monoisotopic (exact) mass is 815 g/mol. The summed E-state index contributed by atoms with van der Waals surface area (Å²) in [6, 6.07) is 70.1. The number of benzene rings is 9. The third kappa shape index (κ3) is 4.76. The second kappa shape index (κ2) is 13.2. The third-order valence-corrected chi connectivity index (χ3v) is 14.6. The number of hydrogen-bond donors (Lipinski definition) is 0. The molecular weight excluding hydrogens is 775 g/mol. The molecule has 9 aromatic carbocycles. The van der Waals surface area contributed by atoms with Crippen LogP contribution in [0.1, 0.15) is 16.7 Å². The van der Waals surface area contributed by atoms with Crippen molar-refractivity contribution in [1.29, 1.82) is 0 Å². The Balaban J connectivity index is 1.13. The van der Waals surface area contributed by atoms with Crippen LogP contribution in [0.15, 0.2) is 188 Å². The lowest BCUT2D eigenvalue weighted by Crippen LogP contribution is -2.69. The predicted molar refractivity (Wildman–Crippen MR) is 272 cm³/mol. The van der Waals surface area contributed by atoms with Crippen molar-refractivity contribution >= 4 is 120 Å². The highest BCUT2D eigenvalue weighted by Crippen LogP contribution is 2.50. The van der Waals surface area contributed by atoms with Gasteiger partial charge in [-0.3, -0.25) is 0 Å². The Bertz CT molecular complexity index is 3430. The number of para-hydroxylation sites is 6.